The average molecular weight is 439 g/mol. The lowest BCUT2D eigenvalue weighted by molar-refractivity contribution is -0.385. The Morgan fingerprint density at radius 2 is 2.03 bits per heavy atom. The quantitative estimate of drug-likeness (QED) is 0.467. The van der Waals surface area contributed by atoms with Gasteiger partial charge in [-0.15, -0.1) is 0 Å². The van der Waals surface area contributed by atoms with Crippen molar-refractivity contribution in [2.24, 2.45) is 7.05 Å². The van der Waals surface area contributed by atoms with Crippen molar-refractivity contribution in [2.75, 3.05) is 13.6 Å². The Kier molecular flexibility index (Phi) is 7.16. The fourth-order valence-electron chi connectivity index (χ4n) is 2.67. The minimum absolute atomic E-state index is 0.109. The molecular formula is C18H25N5O6S. The summed E-state index contributed by atoms with van der Waals surface area (Å²) in [7, 11) is -0.902. The van der Waals surface area contributed by atoms with Gasteiger partial charge in [-0.1, -0.05) is 6.92 Å². The Bertz CT molecular complexity index is 1050. The van der Waals surface area contributed by atoms with E-state index in [1.54, 1.807) is 20.9 Å². The predicted octanol–water partition coefficient (Wildman–Crippen LogP) is 2.29. The van der Waals surface area contributed by atoms with Gasteiger partial charge in [-0.05, 0) is 26.3 Å². The number of aryl methyl sites for hydroxylation is 1. The Hall–Kier alpha value is -2.99. The number of carbonyl (C=O) groups excluding carboxylic acids is 1. The zero-order chi connectivity index (χ0) is 22.6. The van der Waals surface area contributed by atoms with Gasteiger partial charge >= 0.3 is 0 Å². The van der Waals surface area contributed by atoms with Crippen LogP contribution in [0.2, 0.25) is 0 Å². The van der Waals surface area contributed by atoms with Gasteiger partial charge in [0.15, 0.2) is 5.69 Å². The van der Waals surface area contributed by atoms with E-state index in [-0.39, 0.29) is 28.1 Å². The van der Waals surface area contributed by atoms with Crippen molar-refractivity contribution in [3.8, 4) is 11.6 Å². The minimum Gasteiger partial charge on any atom is -0.438 e. The molecule has 1 aromatic heterocycles. The fourth-order valence-corrected chi connectivity index (χ4v) is 4.07. The van der Waals surface area contributed by atoms with Gasteiger partial charge in [0.1, 0.15) is 10.6 Å². The molecule has 1 N–H and O–H groups in total. The molecule has 2 aromatic rings. The van der Waals surface area contributed by atoms with Gasteiger partial charge in [-0.3, -0.25) is 14.9 Å². The standard InChI is InChI=1S/C18H25N5O6S/c1-6-9-21(4)18(24)14-11-17(22(5)19-14)29-15-8-7-13(23(25)26)10-16(15)30(27,28)20-12(2)3/h7-8,10-12,20H,6,9H2,1-5H3. The average Bonchev–Trinajstić information content (AvgIpc) is 3.00. The molecular weight excluding hydrogens is 414 g/mol. The van der Waals surface area contributed by atoms with Crippen molar-refractivity contribution in [3.05, 3.63) is 40.1 Å². The summed E-state index contributed by atoms with van der Waals surface area (Å²) < 4.78 is 34.8. The summed E-state index contributed by atoms with van der Waals surface area (Å²) in [5.41, 5.74) is -0.261. The summed E-state index contributed by atoms with van der Waals surface area (Å²) in [6, 6.07) is 4.23. The fraction of sp³-hybridized carbons (Fsp3) is 0.444. The number of nitrogens with zero attached hydrogens (tertiary/aromatic N) is 4. The van der Waals surface area contributed by atoms with Gasteiger partial charge < -0.3 is 9.64 Å². The summed E-state index contributed by atoms with van der Waals surface area (Å²) in [6.07, 6.45) is 0.783. The lowest BCUT2D eigenvalue weighted by Crippen LogP contribution is -2.30. The number of sulfonamides is 1. The lowest BCUT2D eigenvalue weighted by Gasteiger charge is -2.14. The number of ether oxygens (including phenoxy) is 1. The van der Waals surface area contributed by atoms with Crippen LogP contribution in [0.5, 0.6) is 11.6 Å². The minimum atomic E-state index is -4.09. The van der Waals surface area contributed by atoms with Gasteiger partial charge in [0, 0.05) is 44.9 Å². The number of aromatic nitrogens is 2. The highest BCUT2D eigenvalue weighted by molar-refractivity contribution is 7.89. The van der Waals surface area contributed by atoms with Gasteiger partial charge in [0.2, 0.25) is 15.9 Å². The van der Waals surface area contributed by atoms with E-state index in [1.165, 1.54) is 28.8 Å². The van der Waals surface area contributed by atoms with Crippen LogP contribution in [-0.4, -0.2) is 53.6 Å². The molecule has 0 spiro atoms. The molecule has 11 nitrogen and oxygen atoms in total. The molecule has 30 heavy (non-hydrogen) atoms. The summed E-state index contributed by atoms with van der Waals surface area (Å²) >= 11 is 0. The van der Waals surface area contributed by atoms with Crippen LogP contribution < -0.4 is 9.46 Å². The maximum atomic E-state index is 12.7. The van der Waals surface area contributed by atoms with E-state index in [1.807, 2.05) is 6.92 Å². The molecule has 0 fully saturated rings. The molecule has 0 unspecified atom stereocenters. The van der Waals surface area contributed by atoms with Gasteiger partial charge in [0.05, 0.1) is 4.92 Å². The third-order valence-corrected chi connectivity index (χ3v) is 5.67. The Morgan fingerprint density at radius 3 is 2.60 bits per heavy atom. The molecule has 2 rings (SSSR count). The number of non-ortho nitro benzene ring substituents is 1. The van der Waals surface area contributed by atoms with Crippen LogP contribution in [-0.2, 0) is 17.1 Å². The van der Waals surface area contributed by atoms with Crippen LogP contribution in [0.25, 0.3) is 0 Å². The first-order chi connectivity index (χ1) is 14.0. The summed E-state index contributed by atoms with van der Waals surface area (Å²) in [4.78, 5) is 24.0. The zero-order valence-electron chi connectivity index (χ0n) is 17.4. The third-order valence-electron chi connectivity index (χ3n) is 3.99. The van der Waals surface area contributed by atoms with E-state index in [2.05, 4.69) is 9.82 Å². The maximum Gasteiger partial charge on any atom is 0.274 e. The molecule has 0 radical (unpaired) electrons. The largest absolute Gasteiger partial charge is 0.438 e. The van der Waals surface area contributed by atoms with Crippen LogP contribution in [0.3, 0.4) is 0 Å². The van der Waals surface area contributed by atoms with Crippen LogP contribution >= 0.6 is 0 Å². The Morgan fingerprint density at radius 1 is 1.37 bits per heavy atom. The van der Waals surface area contributed by atoms with Crippen molar-refractivity contribution >= 4 is 21.6 Å². The number of amides is 1. The molecule has 164 valence electrons. The van der Waals surface area contributed by atoms with Gasteiger partial charge in [0.25, 0.3) is 11.6 Å². The van der Waals surface area contributed by atoms with E-state index >= 15 is 0 Å². The molecule has 0 bridgehead atoms. The van der Waals surface area contributed by atoms with E-state index < -0.39 is 26.7 Å². The van der Waals surface area contributed by atoms with Crippen LogP contribution in [0, 0.1) is 10.1 Å². The SMILES string of the molecule is CCCN(C)C(=O)c1cc(Oc2ccc([N+](=O)[O-])cc2S(=O)(=O)NC(C)C)n(C)n1. The van der Waals surface area contributed by atoms with Crippen LogP contribution in [0.1, 0.15) is 37.7 Å². The number of nitro benzene ring substituents is 1. The van der Waals surface area contributed by atoms with Crippen molar-refractivity contribution in [1.29, 1.82) is 0 Å². The Labute approximate surface area is 174 Å². The second kappa shape index (κ2) is 9.22. The highest BCUT2D eigenvalue weighted by Gasteiger charge is 2.26. The monoisotopic (exact) mass is 439 g/mol. The van der Waals surface area contributed by atoms with Crippen molar-refractivity contribution in [1.82, 2.24) is 19.4 Å². The molecule has 1 heterocycles. The second-order valence-electron chi connectivity index (χ2n) is 6.98. The van der Waals surface area contributed by atoms with E-state index in [0.29, 0.717) is 6.54 Å². The van der Waals surface area contributed by atoms with Crippen LogP contribution in [0.15, 0.2) is 29.2 Å². The molecule has 12 heteroatoms. The normalized spacial score (nSPS) is 11.5. The highest BCUT2D eigenvalue weighted by Crippen LogP contribution is 2.32. The topological polar surface area (TPSA) is 137 Å². The number of rotatable bonds is 9. The molecule has 0 aliphatic carbocycles. The second-order valence-corrected chi connectivity index (χ2v) is 8.67. The third kappa shape index (κ3) is 5.33. The van der Waals surface area contributed by atoms with Crippen molar-refractivity contribution < 1.29 is 22.9 Å². The molecule has 1 aromatic carbocycles. The van der Waals surface area contributed by atoms with Crippen LogP contribution in [0.4, 0.5) is 5.69 Å². The van der Waals surface area contributed by atoms with E-state index in [9.17, 15) is 23.3 Å². The number of nitro groups is 1. The maximum absolute atomic E-state index is 12.7. The molecule has 0 atom stereocenters. The summed E-state index contributed by atoms with van der Waals surface area (Å²) in [5, 5.41) is 15.2. The predicted molar refractivity (Wildman–Crippen MR) is 109 cm³/mol. The van der Waals surface area contributed by atoms with E-state index in [4.69, 9.17) is 4.74 Å². The smallest absolute Gasteiger partial charge is 0.274 e. The first-order valence-electron chi connectivity index (χ1n) is 9.24. The molecule has 0 aliphatic heterocycles. The number of hydrogen-bond donors (Lipinski definition) is 1. The molecule has 0 saturated heterocycles. The first kappa shape index (κ1) is 23.3. The Balaban J connectivity index is 2.46. The molecule has 0 aliphatic rings. The zero-order valence-corrected chi connectivity index (χ0v) is 18.3. The lowest BCUT2D eigenvalue weighted by atomic mass is 10.3. The highest BCUT2D eigenvalue weighted by atomic mass is 32.2. The van der Waals surface area contributed by atoms with Crippen molar-refractivity contribution in [2.45, 2.75) is 38.1 Å². The van der Waals surface area contributed by atoms with Crippen molar-refractivity contribution in [3.63, 3.8) is 0 Å². The first-order valence-corrected chi connectivity index (χ1v) is 10.7. The van der Waals surface area contributed by atoms with Gasteiger partial charge in [-0.2, -0.15) is 5.10 Å². The molecule has 1 amide bonds. The number of benzene rings is 1. The number of nitrogens with one attached hydrogen (secondary N) is 1. The number of carbonyl (C=O) groups is 1. The van der Waals surface area contributed by atoms with E-state index in [0.717, 1.165) is 18.6 Å². The summed E-state index contributed by atoms with van der Waals surface area (Å²) in [6.45, 7) is 5.75. The number of hydrogen-bond acceptors (Lipinski definition) is 7. The van der Waals surface area contributed by atoms with Gasteiger partial charge in [-0.25, -0.2) is 17.8 Å². The molecule has 0 saturated carbocycles. The summed E-state index contributed by atoms with van der Waals surface area (Å²) in [5.74, 6) is -0.323.